The zero-order valence-corrected chi connectivity index (χ0v) is 14.4. The normalized spacial score (nSPS) is 11.0. The van der Waals surface area contributed by atoms with Gasteiger partial charge in [0.15, 0.2) is 0 Å². The first kappa shape index (κ1) is 17.4. The van der Waals surface area contributed by atoms with Gasteiger partial charge in [0, 0.05) is 15.3 Å². The number of halogens is 3. The second-order valence-electron chi connectivity index (χ2n) is 4.73. The van der Waals surface area contributed by atoms with E-state index in [1.807, 2.05) is 25.1 Å². The highest BCUT2D eigenvalue weighted by molar-refractivity contribution is 14.1. The molecule has 0 spiro atoms. The molecule has 0 bridgehead atoms. The molecular formula is C17H14F2INO2. The fourth-order valence-corrected chi connectivity index (χ4v) is 2.52. The van der Waals surface area contributed by atoms with E-state index < -0.39 is 6.61 Å². The number of benzene rings is 2. The molecule has 2 aromatic carbocycles. The smallest absolute Gasteiger partial charge is 0.387 e. The van der Waals surface area contributed by atoms with Crippen LogP contribution in [-0.2, 0) is 4.79 Å². The lowest BCUT2D eigenvalue weighted by molar-refractivity contribution is -0.111. The highest BCUT2D eigenvalue weighted by Gasteiger charge is 2.04. The van der Waals surface area contributed by atoms with E-state index in [-0.39, 0.29) is 11.7 Å². The molecule has 0 saturated carbocycles. The maximum Gasteiger partial charge on any atom is 0.387 e. The zero-order chi connectivity index (χ0) is 16.8. The molecule has 0 fully saturated rings. The molecule has 0 radical (unpaired) electrons. The molecule has 120 valence electrons. The van der Waals surface area contributed by atoms with Gasteiger partial charge in [-0.15, -0.1) is 0 Å². The molecule has 23 heavy (non-hydrogen) atoms. The number of aryl methyl sites for hydroxylation is 1. The van der Waals surface area contributed by atoms with Crippen LogP contribution < -0.4 is 10.1 Å². The Kier molecular flexibility index (Phi) is 6.09. The maximum atomic E-state index is 12.0. The fraction of sp³-hybridized carbons (Fsp3) is 0.118. The summed E-state index contributed by atoms with van der Waals surface area (Å²) in [4.78, 5) is 11.9. The molecule has 0 aliphatic rings. The third kappa shape index (κ3) is 5.63. The number of alkyl halides is 2. The van der Waals surface area contributed by atoms with Crippen LogP contribution in [0.3, 0.4) is 0 Å². The molecule has 0 aliphatic carbocycles. The van der Waals surface area contributed by atoms with Crippen LogP contribution in [0.4, 0.5) is 14.5 Å². The van der Waals surface area contributed by atoms with Crippen LogP contribution in [0, 0.1) is 10.5 Å². The van der Waals surface area contributed by atoms with E-state index >= 15 is 0 Å². The van der Waals surface area contributed by atoms with E-state index in [9.17, 15) is 13.6 Å². The largest absolute Gasteiger partial charge is 0.435 e. The van der Waals surface area contributed by atoms with Gasteiger partial charge >= 0.3 is 6.61 Å². The standard InChI is InChI=1S/C17H14F2INO2/c1-11-10-13(20)5-8-15(11)21-16(22)9-4-12-2-6-14(7-3-12)23-17(18)19/h2-10,17H,1H3,(H,21,22). The van der Waals surface area contributed by atoms with Crippen molar-refractivity contribution in [2.75, 3.05) is 5.32 Å². The Morgan fingerprint density at radius 1 is 1.22 bits per heavy atom. The van der Waals surface area contributed by atoms with E-state index in [1.165, 1.54) is 18.2 Å². The van der Waals surface area contributed by atoms with Gasteiger partial charge in [-0.05, 0) is 77.0 Å². The molecule has 0 saturated heterocycles. The van der Waals surface area contributed by atoms with E-state index in [2.05, 4.69) is 32.6 Å². The topological polar surface area (TPSA) is 38.3 Å². The van der Waals surface area contributed by atoms with Gasteiger partial charge in [0.2, 0.25) is 5.91 Å². The molecule has 0 aliphatic heterocycles. The Labute approximate surface area is 146 Å². The number of anilines is 1. The fourth-order valence-electron chi connectivity index (χ4n) is 1.87. The van der Waals surface area contributed by atoms with Crippen LogP contribution in [0.1, 0.15) is 11.1 Å². The summed E-state index contributed by atoms with van der Waals surface area (Å²) in [5.74, 6) is -0.182. The second-order valence-corrected chi connectivity index (χ2v) is 5.97. The minimum Gasteiger partial charge on any atom is -0.435 e. The van der Waals surface area contributed by atoms with Crippen molar-refractivity contribution in [3.05, 3.63) is 63.2 Å². The third-order valence-corrected chi connectivity index (χ3v) is 3.65. The van der Waals surface area contributed by atoms with Gasteiger partial charge in [-0.3, -0.25) is 4.79 Å². The van der Waals surface area contributed by atoms with Crippen molar-refractivity contribution in [2.24, 2.45) is 0 Å². The zero-order valence-electron chi connectivity index (χ0n) is 12.2. The summed E-state index contributed by atoms with van der Waals surface area (Å²) in [7, 11) is 0. The number of hydrogen-bond donors (Lipinski definition) is 1. The minimum atomic E-state index is -2.85. The van der Waals surface area contributed by atoms with Crippen molar-refractivity contribution < 1.29 is 18.3 Å². The van der Waals surface area contributed by atoms with Crippen LogP contribution in [0.25, 0.3) is 6.08 Å². The quantitative estimate of drug-likeness (QED) is 0.545. The number of hydrogen-bond acceptors (Lipinski definition) is 2. The number of ether oxygens (including phenoxy) is 1. The van der Waals surface area contributed by atoms with Gasteiger partial charge in [0.05, 0.1) is 0 Å². The van der Waals surface area contributed by atoms with Gasteiger partial charge in [0.25, 0.3) is 0 Å². The number of amides is 1. The Hall–Kier alpha value is -1.96. The molecule has 1 amide bonds. The number of rotatable bonds is 5. The SMILES string of the molecule is Cc1cc(I)ccc1NC(=O)C=Cc1ccc(OC(F)F)cc1. The summed E-state index contributed by atoms with van der Waals surface area (Å²) >= 11 is 2.21. The molecule has 1 N–H and O–H groups in total. The lowest BCUT2D eigenvalue weighted by atomic mass is 10.2. The average Bonchev–Trinajstić information content (AvgIpc) is 2.49. The summed E-state index contributed by atoms with van der Waals surface area (Å²) in [6.45, 7) is -0.928. The molecule has 0 unspecified atom stereocenters. The van der Waals surface area contributed by atoms with Crippen LogP contribution in [0.15, 0.2) is 48.5 Å². The molecule has 2 rings (SSSR count). The highest BCUT2D eigenvalue weighted by atomic mass is 127. The Morgan fingerprint density at radius 3 is 2.52 bits per heavy atom. The molecule has 2 aromatic rings. The second kappa shape index (κ2) is 8.05. The number of carbonyl (C=O) groups is 1. The van der Waals surface area contributed by atoms with E-state index in [0.29, 0.717) is 5.56 Å². The molecule has 0 heterocycles. The van der Waals surface area contributed by atoms with Gasteiger partial charge in [-0.1, -0.05) is 12.1 Å². The summed E-state index contributed by atoms with van der Waals surface area (Å²) in [6, 6.07) is 11.8. The summed E-state index contributed by atoms with van der Waals surface area (Å²) in [5.41, 5.74) is 2.44. The minimum absolute atomic E-state index is 0.0797. The van der Waals surface area contributed by atoms with Gasteiger partial charge in [-0.25, -0.2) is 0 Å². The van der Waals surface area contributed by atoms with Crippen LogP contribution >= 0.6 is 22.6 Å². The van der Waals surface area contributed by atoms with Crippen molar-refractivity contribution in [1.29, 1.82) is 0 Å². The van der Waals surface area contributed by atoms with Gasteiger partial charge in [-0.2, -0.15) is 8.78 Å². The number of carbonyl (C=O) groups excluding carboxylic acids is 1. The lowest BCUT2D eigenvalue weighted by Gasteiger charge is -2.06. The van der Waals surface area contributed by atoms with Crippen molar-refractivity contribution >= 4 is 40.3 Å². The number of nitrogens with one attached hydrogen (secondary N) is 1. The van der Waals surface area contributed by atoms with E-state index in [4.69, 9.17) is 0 Å². The van der Waals surface area contributed by atoms with Crippen molar-refractivity contribution in [2.45, 2.75) is 13.5 Å². The third-order valence-electron chi connectivity index (χ3n) is 2.98. The summed E-state index contributed by atoms with van der Waals surface area (Å²) < 4.78 is 29.5. The maximum absolute atomic E-state index is 12.0. The van der Waals surface area contributed by atoms with E-state index in [0.717, 1.165) is 14.8 Å². The molecule has 0 atom stereocenters. The molecule has 0 aromatic heterocycles. The lowest BCUT2D eigenvalue weighted by Crippen LogP contribution is -2.08. The first-order valence-corrected chi connectivity index (χ1v) is 7.82. The van der Waals surface area contributed by atoms with Crippen molar-refractivity contribution in [3.63, 3.8) is 0 Å². The average molecular weight is 429 g/mol. The Morgan fingerprint density at radius 2 is 1.91 bits per heavy atom. The van der Waals surface area contributed by atoms with E-state index in [1.54, 1.807) is 18.2 Å². The summed E-state index contributed by atoms with van der Waals surface area (Å²) in [5, 5.41) is 2.79. The van der Waals surface area contributed by atoms with Crippen molar-refractivity contribution in [3.8, 4) is 5.75 Å². The van der Waals surface area contributed by atoms with Crippen LogP contribution in [-0.4, -0.2) is 12.5 Å². The molecule has 3 nitrogen and oxygen atoms in total. The van der Waals surface area contributed by atoms with Crippen molar-refractivity contribution in [1.82, 2.24) is 0 Å². The first-order chi connectivity index (χ1) is 10.9. The monoisotopic (exact) mass is 429 g/mol. The summed E-state index contributed by atoms with van der Waals surface area (Å²) in [6.07, 6.45) is 2.99. The van der Waals surface area contributed by atoms with Crippen LogP contribution in [0.2, 0.25) is 0 Å². The Balaban J connectivity index is 1.97. The van der Waals surface area contributed by atoms with Crippen LogP contribution in [0.5, 0.6) is 5.75 Å². The first-order valence-electron chi connectivity index (χ1n) is 6.74. The highest BCUT2D eigenvalue weighted by Crippen LogP contribution is 2.18. The predicted molar refractivity (Wildman–Crippen MR) is 94.6 cm³/mol. The van der Waals surface area contributed by atoms with Gasteiger partial charge < -0.3 is 10.1 Å². The van der Waals surface area contributed by atoms with Gasteiger partial charge in [0.1, 0.15) is 5.75 Å². The Bertz CT molecular complexity index is 715. The predicted octanol–water partition coefficient (Wildman–Crippen LogP) is 4.85. The molecular weight excluding hydrogens is 415 g/mol. The molecule has 6 heteroatoms.